The first-order chi connectivity index (χ1) is 5.61. The molecule has 0 radical (unpaired) electrons. The number of carbonyl (C=O) groups is 1. The van der Waals surface area contributed by atoms with E-state index in [9.17, 15) is 4.79 Å². The predicted octanol–water partition coefficient (Wildman–Crippen LogP) is 0.840. The smallest absolute Gasteiger partial charge is 0.222 e. The van der Waals surface area contributed by atoms with Crippen molar-refractivity contribution in [1.82, 2.24) is 4.90 Å². The Hall–Kier alpha value is -0.570. The molecule has 0 heterocycles. The maximum absolute atomic E-state index is 11.4. The molecule has 0 spiro atoms. The van der Waals surface area contributed by atoms with Crippen molar-refractivity contribution in [2.75, 3.05) is 20.1 Å². The molecule has 1 amide bonds. The SMILES string of the molecule is CCC(C)CC(=O)N(C)CCN. The third kappa shape index (κ3) is 4.34. The van der Waals surface area contributed by atoms with Crippen LogP contribution in [-0.4, -0.2) is 30.9 Å². The van der Waals surface area contributed by atoms with Gasteiger partial charge in [-0.1, -0.05) is 20.3 Å². The van der Waals surface area contributed by atoms with Gasteiger partial charge in [0.25, 0.3) is 0 Å². The Morgan fingerprint density at radius 3 is 2.58 bits per heavy atom. The number of likely N-dealkylation sites (N-methyl/N-ethyl adjacent to an activating group) is 1. The van der Waals surface area contributed by atoms with Crippen LogP contribution in [0.2, 0.25) is 0 Å². The summed E-state index contributed by atoms with van der Waals surface area (Å²) in [5.74, 6) is 0.688. The van der Waals surface area contributed by atoms with Crippen LogP contribution in [0, 0.1) is 5.92 Å². The second-order valence-electron chi connectivity index (χ2n) is 3.32. The third-order valence-electron chi connectivity index (χ3n) is 2.11. The lowest BCUT2D eigenvalue weighted by molar-refractivity contribution is -0.130. The summed E-state index contributed by atoms with van der Waals surface area (Å²) in [6.07, 6.45) is 1.70. The van der Waals surface area contributed by atoms with Gasteiger partial charge in [0, 0.05) is 26.6 Å². The Morgan fingerprint density at radius 2 is 2.17 bits per heavy atom. The minimum absolute atomic E-state index is 0.204. The van der Waals surface area contributed by atoms with Gasteiger partial charge in [-0.2, -0.15) is 0 Å². The van der Waals surface area contributed by atoms with Crippen LogP contribution in [0.25, 0.3) is 0 Å². The molecule has 2 N–H and O–H groups in total. The van der Waals surface area contributed by atoms with E-state index in [4.69, 9.17) is 5.73 Å². The molecule has 0 aliphatic heterocycles. The Balaban J connectivity index is 3.70. The van der Waals surface area contributed by atoms with Gasteiger partial charge in [0.15, 0.2) is 0 Å². The van der Waals surface area contributed by atoms with Crippen LogP contribution in [0.5, 0.6) is 0 Å². The van der Waals surface area contributed by atoms with Crippen LogP contribution in [-0.2, 0) is 4.79 Å². The Bertz CT molecular complexity index is 136. The molecule has 0 bridgehead atoms. The van der Waals surface area contributed by atoms with E-state index in [1.54, 1.807) is 11.9 Å². The Labute approximate surface area is 74.9 Å². The van der Waals surface area contributed by atoms with Gasteiger partial charge in [-0.15, -0.1) is 0 Å². The molecule has 3 heteroatoms. The summed E-state index contributed by atoms with van der Waals surface area (Å²) in [5, 5.41) is 0. The summed E-state index contributed by atoms with van der Waals surface area (Å²) in [6, 6.07) is 0. The summed E-state index contributed by atoms with van der Waals surface area (Å²) in [5.41, 5.74) is 5.34. The molecular formula is C9H20N2O. The van der Waals surface area contributed by atoms with Gasteiger partial charge in [-0.05, 0) is 5.92 Å². The highest BCUT2D eigenvalue weighted by Crippen LogP contribution is 2.07. The zero-order chi connectivity index (χ0) is 9.56. The summed E-state index contributed by atoms with van der Waals surface area (Å²) >= 11 is 0. The lowest BCUT2D eigenvalue weighted by Crippen LogP contribution is -2.32. The molecule has 0 saturated heterocycles. The number of carbonyl (C=O) groups excluding carboxylic acids is 1. The van der Waals surface area contributed by atoms with Gasteiger partial charge in [0.2, 0.25) is 5.91 Å². The molecule has 0 rings (SSSR count). The van der Waals surface area contributed by atoms with Crippen molar-refractivity contribution in [3.8, 4) is 0 Å². The minimum Gasteiger partial charge on any atom is -0.344 e. The molecule has 0 fully saturated rings. The molecule has 0 aliphatic rings. The van der Waals surface area contributed by atoms with Crippen LogP contribution in [0.15, 0.2) is 0 Å². The first-order valence-corrected chi connectivity index (χ1v) is 4.55. The lowest BCUT2D eigenvalue weighted by Gasteiger charge is -2.17. The first-order valence-electron chi connectivity index (χ1n) is 4.55. The quantitative estimate of drug-likeness (QED) is 0.668. The van der Waals surface area contributed by atoms with Crippen molar-refractivity contribution < 1.29 is 4.79 Å². The highest BCUT2D eigenvalue weighted by atomic mass is 16.2. The lowest BCUT2D eigenvalue weighted by atomic mass is 10.0. The van der Waals surface area contributed by atoms with Gasteiger partial charge in [-0.3, -0.25) is 4.79 Å². The number of rotatable bonds is 5. The van der Waals surface area contributed by atoms with Crippen LogP contribution in [0.1, 0.15) is 26.7 Å². The molecular weight excluding hydrogens is 152 g/mol. The summed E-state index contributed by atoms with van der Waals surface area (Å²) in [6.45, 7) is 5.40. The molecule has 3 nitrogen and oxygen atoms in total. The molecule has 0 aromatic rings. The highest BCUT2D eigenvalue weighted by Gasteiger charge is 2.10. The van der Waals surface area contributed by atoms with E-state index in [2.05, 4.69) is 13.8 Å². The van der Waals surface area contributed by atoms with Crippen molar-refractivity contribution in [3.05, 3.63) is 0 Å². The highest BCUT2D eigenvalue weighted by molar-refractivity contribution is 5.76. The molecule has 0 aromatic heterocycles. The van der Waals surface area contributed by atoms with E-state index in [0.29, 0.717) is 25.4 Å². The number of nitrogens with two attached hydrogens (primary N) is 1. The van der Waals surface area contributed by atoms with Crippen molar-refractivity contribution in [3.63, 3.8) is 0 Å². The second kappa shape index (κ2) is 6.00. The second-order valence-corrected chi connectivity index (χ2v) is 3.32. The minimum atomic E-state index is 0.204. The summed E-state index contributed by atoms with van der Waals surface area (Å²) in [7, 11) is 1.80. The third-order valence-corrected chi connectivity index (χ3v) is 2.11. The van der Waals surface area contributed by atoms with Crippen LogP contribution < -0.4 is 5.73 Å². The Kier molecular flexibility index (Phi) is 5.72. The number of amides is 1. The molecule has 1 unspecified atom stereocenters. The van der Waals surface area contributed by atoms with Gasteiger partial charge >= 0.3 is 0 Å². The average Bonchev–Trinajstić information content (AvgIpc) is 2.04. The zero-order valence-corrected chi connectivity index (χ0v) is 8.34. The van der Waals surface area contributed by atoms with Gasteiger partial charge in [0.1, 0.15) is 0 Å². The molecule has 0 aromatic carbocycles. The Morgan fingerprint density at radius 1 is 1.58 bits per heavy atom. The van der Waals surface area contributed by atoms with E-state index in [1.165, 1.54) is 0 Å². The fraction of sp³-hybridized carbons (Fsp3) is 0.889. The summed E-state index contributed by atoms with van der Waals surface area (Å²) in [4.78, 5) is 13.1. The van der Waals surface area contributed by atoms with Crippen LogP contribution >= 0.6 is 0 Å². The maximum atomic E-state index is 11.4. The molecule has 72 valence electrons. The monoisotopic (exact) mass is 172 g/mol. The maximum Gasteiger partial charge on any atom is 0.222 e. The van der Waals surface area contributed by atoms with Gasteiger partial charge in [-0.25, -0.2) is 0 Å². The van der Waals surface area contributed by atoms with Gasteiger partial charge < -0.3 is 10.6 Å². The predicted molar refractivity (Wildman–Crippen MR) is 50.8 cm³/mol. The fourth-order valence-electron chi connectivity index (χ4n) is 0.917. The largest absolute Gasteiger partial charge is 0.344 e. The van der Waals surface area contributed by atoms with Crippen LogP contribution in [0.3, 0.4) is 0 Å². The first kappa shape index (κ1) is 11.4. The molecule has 12 heavy (non-hydrogen) atoms. The number of nitrogens with zero attached hydrogens (tertiary/aromatic N) is 1. The average molecular weight is 172 g/mol. The van der Waals surface area contributed by atoms with E-state index in [1.807, 2.05) is 0 Å². The fourth-order valence-corrected chi connectivity index (χ4v) is 0.917. The van der Waals surface area contributed by atoms with Crippen molar-refractivity contribution in [1.29, 1.82) is 0 Å². The zero-order valence-electron chi connectivity index (χ0n) is 8.34. The van der Waals surface area contributed by atoms with Crippen molar-refractivity contribution in [2.24, 2.45) is 11.7 Å². The van der Waals surface area contributed by atoms with E-state index in [-0.39, 0.29) is 5.91 Å². The van der Waals surface area contributed by atoms with Crippen molar-refractivity contribution >= 4 is 5.91 Å². The topological polar surface area (TPSA) is 46.3 Å². The number of hydrogen-bond donors (Lipinski definition) is 1. The van der Waals surface area contributed by atoms with Gasteiger partial charge in [0.05, 0.1) is 0 Å². The standard InChI is InChI=1S/C9H20N2O/c1-4-8(2)7-9(12)11(3)6-5-10/h8H,4-7,10H2,1-3H3. The van der Waals surface area contributed by atoms with E-state index >= 15 is 0 Å². The molecule has 0 aliphatic carbocycles. The molecule has 0 saturated carbocycles. The van der Waals surface area contributed by atoms with E-state index in [0.717, 1.165) is 6.42 Å². The molecule has 1 atom stereocenters. The van der Waals surface area contributed by atoms with E-state index < -0.39 is 0 Å². The summed E-state index contributed by atoms with van der Waals surface area (Å²) < 4.78 is 0. The van der Waals surface area contributed by atoms with Crippen molar-refractivity contribution in [2.45, 2.75) is 26.7 Å². The normalized spacial score (nSPS) is 12.7. The number of hydrogen-bond acceptors (Lipinski definition) is 2. The van der Waals surface area contributed by atoms with Crippen LogP contribution in [0.4, 0.5) is 0 Å².